The molecule has 0 bridgehead atoms. The summed E-state index contributed by atoms with van der Waals surface area (Å²) in [5, 5.41) is 20.2. The highest BCUT2D eigenvalue weighted by molar-refractivity contribution is 6.03. The number of rotatable bonds is 8. The van der Waals surface area contributed by atoms with Crippen molar-refractivity contribution in [2.75, 3.05) is 23.4 Å². The summed E-state index contributed by atoms with van der Waals surface area (Å²) >= 11 is 0. The summed E-state index contributed by atoms with van der Waals surface area (Å²) in [4.78, 5) is 36.6. The zero-order valence-electron chi connectivity index (χ0n) is 14.6. The molecule has 0 saturated carbocycles. The third-order valence-corrected chi connectivity index (χ3v) is 3.73. The number of aliphatic hydroxyl groups is 1. The maximum atomic E-state index is 12.6. The normalized spacial score (nSPS) is 10.1. The average Bonchev–Trinajstić information content (AvgIpc) is 2.68. The first-order chi connectivity index (χ1) is 13.0. The summed E-state index contributed by atoms with van der Waals surface area (Å²) in [5.74, 6) is -1.53. The molecule has 8 heteroatoms. The van der Waals surface area contributed by atoms with E-state index in [-0.39, 0.29) is 25.5 Å². The summed E-state index contributed by atoms with van der Waals surface area (Å²) in [7, 11) is 0. The van der Waals surface area contributed by atoms with E-state index in [4.69, 9.17) is 5.21 Å². The summed E-state index contributed by atoms with van der Waals surface area (Å²) in [6.07, 6.45) is -0.361. The van der Waals surface area contributed by atoms with Gasteiger partial charge in [-0.15, -0.1) is 0 Å². The molecule has 0 aliphatic rings. The van der Waals surface area contributed by atoms with Crippen LogP contribution in [0.3, 0.4) is 0 Å². The van der Waals surface area contributed by atoms with Gasteiger partial charge in [0, 0.05) is 17.9 Å². The van der Waals surface area contributed by atoms with Crippen LogP contribution < -0.4 is 15.7 Å². The quantitative estimate of drug-likeness (QED) is 0.315. The molecule has 0 spiro atoms. The molecule has 3 amide bonds. The fourth-order valence-corrected chi connectivity index (χ4v) is 2.47. The molecule has 4 N–H and O–H groups in total. The zero-order chi connectivity index (χ0) is 19.6. The van der Waals surface area contributed by atoms with Crippen molar-refractivity contribution in [1.82, 2.24) is 5.48 Å². The van der Waals surface area contributed by atoms with Gasteiger partial charge in [-0.1, -0.05) is 30.3 Å². The number of aliphatic hydroxyl groups excluding tert-OH is 1. The summed E-state index contributed by atoms with van der Waals surface area (Å²) < 4.78 is 0. The number of hydrogen-bond donors (Lipinski definition) is 4. The number of carbonyl (C=O) groups excluding carboxylic acids is 3. The van der Waals surface area contributed by atoms with E-state index in [1.54, 1.807) is 36.4 Å². The van der Waals surface area contributed by atoms with Crippen molar-refractivity contribution in [1.29, 1.82) is 0 Å². The Hall–Kier alpha value is -3.23. The van der Waals surface area contributed by atoms with Gasteiger partial charge < -0.3 is 15.3 Å². The number of nitrogens with zero attached hydrogens (tertiary/aromatic N) is 1. The van der Waals surface area contributed by atoms with Crippen molar-refractivity contribution in [3.05, 3.63) is 60.2 Å². The van der Waals surface area contributed by atoms with Crippen LogP contribution in [0.15, 0.2) is 54.6 Å². The maximum Gasteiger partial charge on any atom is 0.252 e. The molecular formula is C19H21N3O5. The van der Waals surface area contributed by atoms with Crippen molar-refractivity contribution in [2.45, 2.75) is 12.8 Å². The average molecular weight is 371 g/mol. The Morgan fingerprint density at radius 2 is 1.59 bits per heavy atom. The van der Waals surface area contributed by atoms with Gasteiger partial charge in [0.1, 0.15) is 6.42 Å². The zero-order valence-corrected chi connectivity index (χ0v) is 14.6. The lowest BCUT2D eigenvalue weighted by Gasteiger charge is -2.22. The van der Waals surface area contributed by atoms with E-state index >= 15 is 0 Å². The molecule has 0 atom stereocenters. The number of para-hydroxylation sites is 1. The SMILES string of the molecule is O=C(CC(=O)Nc1ccc(CC(=O)N(CCO)c2ccccc2)cc1)NO. The van der Waals surface area contributed by atoms with Crippen molar-refractivity contribution in [2.24, 2.45) is 0 Å². The topological polar surface area (TPSA) is 119 Å². The second-order valence-electron chi connectivity index (χ2n) is 5.74. The molecule has 0 unspecified atom stereocenters. The van der Waals surface area contributed by atoms with E-state index < -0.39 is 18.2 Å². The first-order valence-corrected chi connectivity index (χ1v) is 8.31. The standard InChI is InChI=1S/C19H21N3O5/c23-11-10-22(16-4-2-1-3-5-16)19(26)12-14-6-8-15(9-7-14)20-17(24)13-18(25)21-27/h1-9,23,27H,10-13H2,(H,20,24)(H,21,25). The third-order valence-electron chi connectivity index (χ3n) is 3.73. The second-order valence-corrected chi connectivity index (χ2v) is 5.74. The minimum Gasteiger partial charge on any atom is -0.395 e. The van der Waals surface area contributed by atoms with Crippen LogP contribution >= 0.6 is 0 Å². The summed E-state index contributed by atoms with van der Waals surface area (Å²) in [6, 6.07) is 15.7. The lowest BCUT2D eigenvalue weighted by Crippen LogP contribution is -2.34. The molecule has 142 valence electrons. The van der Waals surface area contributed by atoms with Crippen LogP contribution in [0.1, 0.15) is 12.0 Å². The van der Waals surface area contributed by atoms with Gasteiger partial charge in [-0.3, -0.25) is 19.6 Å². The van der Waals surface area contributed by atoms with Gasteiger partial charge in [0.25, 0.3) is 5.91 Å². The highest BCUT2D eigenvalue weighted by Gasteiger charge is 2.15. The Morgan fingerprint density at radius 1 is 0.926 bits per heavy atom. The largest absolute Gasteiger partial charge is 0.395 e. The van der Waals surface area contributed by atoms with Crippen LogP contribution in [0.4, 0.5) is 11.4 Å². The van der Waals surface area contributed by atoms with Crippen molar-refractivity contribution < 1.29 is 24.7 Å². The Kier molecular flexibility index (Phi) is 7.48. The fraction of sp³-hybridized carbons (Fsp3) is 0.211. The number of hydrogen-bond acceptors (Lipinski definition) is 5. The molecule has 0 aliphatic heterocycles. The maximum absolute atomic E-state index is 12.6. The van der Waals surface area contributed by atoms with Gasteiger partial charge in [0.2, 0.25) is 11.8 Å². The van der Waals surface area contributed by atoms with Gasteiger partial charge in [0.15, 0.2) is 0 Å². The smallest absolute Gasteiger partial charge is 0.252 e. The molecule has 0 aliphatic carbocycles. The van der Waals surface area contributed by atoms with Crippen molar-refractivity contribution >= 4 is 29.1 Å². The van der Waals surface area contributed by atoms with E-state index in [0.29, 0.717) is 11.4 Å². The minimum atomic E-state index is -0.806. The van der Waals surface area contributed by atoms with E-state index in [1.807, 2.05) is 18.2 Å². The third kappa shape index (κ3) is 6.21. The lowest BCUT2D eigenvalue weighted by atomic mass is 10.1. The molecule has 2 aromatic rings. The van der Waals surface area contributed by atoms with Crippen LogP contribution in [0.5, 0.6) is 0 Å². The Bertz CT molecular complexity index is 778. The number of carbonyl (C=O) groups is 3. The Morgan fingerprint density at radius 3 is 2.19 bits per heavy atom. The highest BCUT2D eigenvalue weighted by Crippen LogP contribution is 2.16. The van der Waals surface area contributed by atoms with Crippen LogP contribution in [0.25, 0.3) is 0 Å². The van der Waals surface area contributed by atoms with E-state index in [2.05, 4.69) is 5.32 Å². The molecule has 0 fully saturated rings. The van der Waals surface area contributed by atoms with Crippen molar-refractivity contribution in [3.8, 4) is 0 Å². The molecule has 0 saturated heterocycles. The van der Waals surface area contributed by atoms with Gasteiger partial charge in [-0.25, -0.2) is 5.48 Å². The second kappa shape index (κ2) is 10.0. The van der Waals surface area contributed by atoms with Gasteiger partial charge in [-0.05, 0) is 29.8 Å². The van der Waals surface area contributed by atoms with Gasteiger partial charge >= 0.3 is 0 Å². The molecule has 2 rings (SSSR count). The molecule has 0 heterocycles. The molecule has 0 radical (unpaired) electrons. The molecule has 0 aromatic heterocycles. The number of anilines is 2. The Labute approximate surface area is 156 Å². The first kappa shape index (κ1) is 20.1. The summed E-state index contributed by atoms with van der Waals surface area (Å²) in [5.41, 5.74) is 3.31. The van der Waals surface area contributed by atoms with E-state index in [1.165, 1.54) is 10.4 Å². The molecular weight excluding hydrogens is 350 g/mol. The number of hydroxylamine groups is 1. The van der Waals surface area contributed by atoms with Gasteiger partial charge in [0.05, 0.1) is 13.0 Å². The van der Waals surface area contributed by atoms with Crippen LogP contribution in [0.2, 0.25) is 0 Å². The lowest BCUT2D eigenvalue weighted by molar-refractivity contribution is -0.133. The summed E-state index contributed by atoms with van der Waals surface area (Å²) in [6.45, 7) is 0.0525. The van der Waals surface area contributed by atoms with E-state index in [9.17, 15) is 19.5 Å². The van der Waals surface area contributed by atoms with Crippen LogP contribution in [-0.4, -0.2) is 41.2 Å². The fourth-order valence-electron chi connectivity index (χ4n) is 2.47. The monoisotopic (exact) mass is 371 g/mol. The van der Waals surface area contributed by atoms with Gasteiger partial charge in [-0.2, -0.15) is 0 Å². The number of amides is 3. The number of nitrogens with one attached hydrogen (secondary N) is 2. The molecule has 8 nitrogen and oxygen atoms in total. The predicted octanol–water partition coefficient (Wildman–Crippen LogP) is 1.09. The molecule has 27 heavy (non-hydrogen) atoms. The van der Waals surface area contributed by atoms with Crippen molar-refractivity contribution in [3.63, 3.8) is 0 Å². The highest BCUT2D eigenvalue weighted by atomic mass is 16.5. The first-order valence-electron chi connectivity index (χ1n) is 8.31. The molecule has 2 aromatic carbocycles. The Balaban J connectivity index is 1.99. The number of benzene rings is 2. The van der Waals surface area contributed by atoms with E-state index in [0.717, 1.165) is 5.56 Å². The minimum absolute atomic E-state index is 0.135. The van der Waals surface area contributed by atoms with Crippen LogP contribution in [-0.2, 0) is 20.8 Å². The van der Waals surface area contributed by atoms with Crippen LogP contribution in [0, 0.1) is 0 Å². The predicted molar refractivity (Wildman–Crippen MR) is 99.2 cm³/mol.